The molecule has 4 unspecified atom stereocenters. The number of benzene rings is 1. The van der Waals surface area contributed by atoms with Crippen molar-refractivity contribution >= 4 is 40.2 Å². The van der Waals surface area contributed by atoms with Crippen molar-refractivity contribution < 1.29 is 20.1 Å². The molecule has 0 radical (unpaired) electrons. The lowest BCUT2D eigenvalue weighted by Crippen LogP contribution is -2.52. The minimum atomic E-state index is -1.20. The smallest absolute Gasteiger partial charge is 0.204 e. The van der Waals surface area contributed by atoms with Crippen LogP contribution in [0.25, 0.3) is 11.0 Å². The quantitative estimate of drug-likeness (QED) is 0.635. The molecule has 1 aliphatic carbocycles. The van der Waals surface area contributed by atoms with Crippen LogP contribution in [0.5, 0.6) is 0 Å². The summed E-state index contributed by atoms with van der Waals surface area (Å²) >= 11 is 12.3. The summed E-state index contributed by atoms with van der Waals surface area (Å²) in [5.41, 5.74) is 1.34. The van der Waals surface area contributed by atoms with Crippen LogP contribution in [0, 0.1) is 0 Å². The highest BCUT2D eigenvalue weighted by Gasteiger charge is 2.41. The Morgan fingerprint density at radius 2 is 1.92 bits per heavy atom. The molecule has 2 fully saturated rings. The molecule has 0 amide bonds. The van der Waals surface area contributed by atoms with E-state index in [1.165, 1.54) is 0 Å². The normalized spacial score (nSPS) is 30.0. The zero-order valence-electron chi connectivity index (χ0n) is 13.3. The first-order chi connectivity index (χ1) is 12.0. The van der Waals surface area contributed by atoms with Crippen LogP contribution in [0.2, 0.25) is 10.0 Å². The molecule has 0 bridgehead atoms. The maximum Gasteiger partial charge on any atom is 0.204 e. The SMILES string of the molecule is OCC1OCC(n2c(NC3CC3)nc3cc(Cl)c(Cl)cc32)C(O)C1O. The molecular formula is C16H19Cl2N3O4. The standard InChI is InChI=1S/C16H19Cl2N3O4/c17-8-3-10-11(4-9(8)18)21(16(20-10)19-7-1-2-7)12-6-25-13(5-22)15(24)14(12)23/h3-4,7,12-15,22-24H,1-2,5-6H2,(H,19,20). The molecule has 2 aliphatic rings. The van der Waals surface area contributed by atoms with Gasteiger partial charge in [0.05, 0.1) is 40.3 Å². The van der Waals surface area contributed by atoms with Crippen LogP contribution >= 0.6 is 23.2 Å². The molecule has 4 atom stereocenters. The Hall–Kier alpha value is -1.09. The van der Waals surface area contributed by atoms with Crippen LogP contribution in [-0.2, 0) is 4.74 Å². The number of halogens is 2. The lowest BCUT2D eigenvalue weighted by molar-refractivity contribution is -0.168. The van der Waals surface area contributed by atoms with Crippen LogP contribution < -0.4 is 5.32 Å². The van der Waals surface area contributed by atoms with Crippen LogP contribution in [0.4, 0.5) is 5.95 Å². The highest BCUT2D eigenvalue weighted by molar-refractivity contribution is 6.42. The van der Waals surface area contributed by atoms with Crippen molar-refractivity contribution in [2.45, 2.75) is 43.2 Å². The van der Waals surface area contributed by atoms with Gasteiger partial charge in [-0.05, 0) is 25.0 Å². The van der Waals surface area contributed by atoms with Crippen LogP contribution in [0.15, 0.2) is 12.1 Å². The predicted molar refractivity (Wildman–Crippen MR) is 94.3 cm³/mol. The number of imidazole rings is 1. The molecule has 4 rings (SSSR count). The maximum atomic E-state index is 10.6. The molecular weight excluding hydrogens is 369 g/mol. The van der Waals surface area contributed by atoms with E-state index in [-0.39, 0.29) is 13.2 Å². The van der Waals surface area contributed by atoms with Crippen molar-refractivity contribution in [2.24, 2.45) is 0 Å². The number of anilines is 1. The number of nitrogens with one attached hydrogen (secondary N) is 1. The molecule has 136 valence electrons. The van der Waals surface area contributed by atoms with Gasteiger partial charge in [0.25, 0.3) is 0 Å². The first-order valence-electron chi connectivity index (χ1n) is 8.21. The third-order valence-corrected chi connectivity index (χ3v) is 5.48. The Morgan fingerprint density at radius 3 is 2.60 bits per heavy atom. The third-order valence-electron chi connectivity index (χ3n) is 4.76. The number of rotatable bonds is 4. The first-order valence-corrected chi connectivity index (χ1v) is 8.97. The molecule has 9 heteroatoms. The third kappa shape index (κ3) is 3.09. The van der Waals surface area contributed by atoms with E-state index >= 15 is 0 Å². The van der Waals surface area contributed by atoms with Gasteiger partial charge in [0.15, 0.2) is 0 Å². The van der Waals surface area contributed by atoms with Gasteiger partial charge in [-0.25, -0.2) is 4.98 Å². The average Bonchev–Trinajstić information content (AvgIpc) is 3.33. The van der Waals surface area contributed by atoms with Crippen molar-refractivity contribution in [3.63, 3.8) is 0 Å². The molecule has 1 saturated carbocycles. The zero-order chi connectivity index (χ0) is 17.7. The Balaban J connectivity index is 1.79. The fourth-order valence-electron chi connectivity index (χ4n) is 3.19. The molecule has 1 saturated heterocycles. The average molecular weight is 388 g/mol. The van der Waals surface area contributed by atoms with Gasteiger partial charge in [-0.2, -0.15) is 0 Å². The Bertz CT molecular complexity index is 795. The molecule has 1 aromatic heterocycles. The van der Waals surface area contributed by atoms with Gasteiger partial charge in [0, 0.05) is 6.04 Å². The molecule has 2 aromatic rings. The van der Waals surface area contributed by atoms with Gasteiger partial charge >= 0.3 is 0 Å². The van der Waals surface area contributed by atoms with Crippen LogP contribution in [0.3, 0.4) is 0 Å². The Labute approximate surface area is 154 Å². The molecule has 0 spiro atoms. The lowest BCUT2D eigenvalue weighted by Gasteiger charge is -2.38. The highest BCUT2D eigenvalue weighted by Crippen LogP contribution is 2.36. The number of aliphatic hydroxyl groups is 3. The number of aromatic nitrogens is 2. The van der Waals surface area contributed by atoms with E-state index in [1.54, 1.807) is 16.7 Å². The van der Waals surface area contributed by atoms with E-state index in [9.17, 15) is 15.3 Å². The summed E-state index contributed by atoms with van der Waals surface area (Å²) in [4.78, 5) is 4.58. The van der Waals surface area contributed by atoms with Crippen LogP contribution in [-0.4, -0.2) is 62.4 Å². The molecule has 2 heterocycles. The number of ether oxygens (including phenoxy) is 1. The minimum absolute atomic E-state index is 0.133. The number of fused-ring (bicyclic) bond motifs is 1. The number of hydrogen-bond acceptors (Lipinski definition) is 6. The second-order valence-electron chi connectivity index (χ2n) is 6.58. The Morgan fingerprint density at radius 1 is 1.20 bits per heavy atom. The maximum absolute atomic E-state index is 10.6. The molecule has 7 nitrogen and oxygen atoms in total. The fraction of sp³-hybridized carbons (Fsp3) is 0.562. The topological polar surface area (TPSA) is 99.8 Å². The van der Waals surface area contributed by atoms with Crippen molar-refractivity contribution in [2.75, 3.05) is 18.5 Å². The van der Waals surface area contributed by atoms with Crippen LogP contribution in [0.1, 0.15) is 18.9 Å². The van der Waals surface area contributed by atoms with Gasteiger partial charge in [-0.1, -0.05) is 23.2 Å². The predicted octanol–water partition coefficient (Wildman–Crippen LogP) is 1.57. The lowest BCUT2D eigenvalue weighted by atomic mass is 9.98. The van der Waals surface area contributed by atoms with Gasteiger partial charge in [0.1, 0.15) is 18.3 Å². The van der Waals surface area contributed by atoms with E-state index in [0.29, 0.717) is 33.1 Å². The summed E-state index contributed by atoms with van der Waals surface area (Å²) in [6.45, 7) is -0.223. The fourth-order valence-corrected chi connectivity index (χ4v) is 3.51. The molecule has 4 N–H and O–H groups in total. The molecule has 1 aromatic carbocycles. The van der Waals surface area contributed by atoms with E-state index in [1.807, 2.05) is 0 Å². The highest BCUT2D eigenvalue weighted by atomic mass is 35.5. The van der Waals surface area contributed by atoms with Crippen molar-refractivity contribution in [3.8, 4) is 0 Å². The van der Waals surface area contributed by atoms with Gasteiger partial charge in [-0.15, -0.1) is 0 Å². The van der Waals surface area contributed by atoms with E-state index in [4.69, 9.17) is 27.9 Å². The number of nitrogens with zero attached hydrogens (tertiary/aromatic N) is 2. The first kappa shape index (κ1) is 17.3. The summed E-state index contributed by atoms with van der Waals surface area (Å²) in [5.74, 6) is 0.582. The van der Waals surface area contributed by atoms with E-state index < -0.39 is 24.4 Å². The van der Waals surface area contributed by atoms with Crippen molar-refractivity contribution in [3.05, 3.63) is 22.2 Å². The second-order valence-corrected chi connectivity index (χ2v) is 7.40. The van der Waals surface area contributed by atoms with E-state index in [0.717, 1.165) is 12.8 Å². The van der Waals surface area contributed by atoms with Gasteiger partial charge in [-0.3, -0.25) is 0 Å². The monoisotopic (exact) mass is 387 g/mol. The minimum Gasteiger partial charge on any atom is -0.394 e. The summed E-state index contributed by atoms with van der Waals surface area (Å²) in [5, 5.41) is 34.2. The molecule has 1 aliphatic heterocycles. The summed E-state index contributed by atoms with van der Waals surface area (Å²) in [6, 6.07) is 3.15. The van der Waals surface area contributed by atoms with Crippen molar-refractivity contribution in [1.82, 2.24) is 9.55 Å². The Kier molecular flexibility index (Phi) is 4.56. The van der Waals surface area contributed by atoms with Gasteiger partial charge in [0.2, 0.25) is 5.95 Å². The molecule has 25 heavy (non-hydrogen) atoms. The second kappa shape index (κ2) is 6.57. The van der Waals surface area contributed by atoms with Gasteiger partial charge < -0.3 is 29.9 Å². The summed E-state index contributed by atoms with van der Waals surface area (Å²) in [6.07, 6.45) is -0.998. The number of hydrogen-bond donors (Lipinski definition) is 4. The van der Waals surface area contributed by atoms with E-state index in [2.05, 4.69) is 10.3 Å². The largest absolute Gasteiger partial charge is 0.394 e. The zero-order valence-corrected chi connectivity index (χ0v) is 14.8. The summed E-state index contributed by atoms with van der Waals surface area (Å²) < 4.78 is 7.33. The number of aliphatic hydroxyl groups excluding tert-OH is 3. The summed E-state index contributed by atoms with van der Waals surface area (Å²) in [7, 11) is 0. The van der Waals surface area contributed by atoms with Crippen molar-refractivity contribution in [1.29, 1.82) is 0 Å².